The predicted octanol–water partition coefficient (Wildman–Crippen LogP) is 4.59. The highest BCUT2D eigenvalue weighted by molar-refractivity contribution is 7.98. The number of ether oxygens (including phenoxy) is 1. The van der Waals surface area contributed by atoms with Crippen LogP contribution in [-0.4, -0.2) is 56.9 Å². The third-order valence-corrected chi connectivity index (χ3v) is 10.4. The molecule has 1 aliphatic heterocycles. The van der Waals surface area contributed by atoms with Gasteiger partial charge in [-0.05, 0) is 24.3 Å². The molecular weight excluding hydrogens is 512 g/mol. The van der Waals surface area contributed by atoms with Gasteiger partial charge in [-0.15, -0.1) is 0 Å². The second-order valence-corrected chi connectivity index (χ2v) is 18.8. The number of aromatic nitrogens is 2. The third kappa shape index (κ3) is 5.53. The Balaban J connectivity index is 1.59. The van der Waals surface area contributed by atoms with Crippen LogP contribution >= 0.6 is 11.8 Å². The molecule has 2 heterocycles. The molecule has 0 spiro atoms. The molecule has 0 atom stereocenters. The Kier molecular flexibility index (Phi) is 6.77. The van der Waals surface area contributed by atoms with Crippen LogP contribution in [0.4, 0.5) is 13.6 Å². The molecule has 1 amide bonds. The summed E-state index contributed by atoms with van der Waals surface area (Å²) in [6.45, 7) is 6.80. The highest BCUT2D eigenvalue weighted by Gasteiger charge is 2.51. The van der Waals surface area contributed by atoms with Crippen molar-refractivity contribution in [3.05, 3.63) is 41.1 Å². The van der Waals surface area contributed by atoms with Crippen molar-refractivity contribution in [3.8, 4) is 11.3 Å². The minimum Gasteiger partial charge on any atom is -0.450 e. The fraction of sp³-hybridized carbons (Fsp3) is 0.522. The smallest absolute Gasteiger partial charge is 0.407 e. The van der Waals surface area contributed by atoms with Gasteiger partial charge in [0, 0.05) is 25.6 Å². The number of carbonyl (C=O) groups excluding carboxylic acids is 1. The molecule has 0 saturated carbocycles. The van der Waals surface area contributed by atoms with E-state index in [4.69, 9.17) is 4.74 Å². The quantitative estimate of drug-likeness (QED) is 0.311. The van der Waals surface area contributed by atoms with Crippen LogP contribution in [0.15, 0.2) is 29.4 Å². The van der Waals surface area contributed by atoms with Gasteiger partial charge in [-0.1, -0.05) is 55.7 Å². The molecule has 12 heteroatoms. The summed E-state index contributed by atoms with van der Waals surface area (Å²) >= 11 is 1.20. The maximum Gasteiger partial charge on any atom is 0.407 e. The molecule has 1 fully saturated rings. The molecule has 2 aromatic rings. The van der Waals surface area contributed by atoms with Crippen LogP contribution in [0.3, 0.4) is 0 Å². The highest BCUT2D eigenvalue weighted by atomic mass is 32.2. The second kappa shape index (κ2) is 9.11. The standard InChI is InChI=1S/C23H29F2N3O4S2Si/c1-33-20-26-18(17-9-10-23(24,25)19(17)27-20)15-5-7-16(8-6-15)22(13-34(30,31)14-22)28-21(29)32-11-12-35(2,3)4/h5-8H,9-14H2,1-4H3,(H,28,29). The molecule has 4 rings (SSSR count). The van der Waals surface area contributed by atoms with Gasteiger partial charge < -0.3 is 10.1 Å². The number of nitrogens with zero attached hydrogens (tertiary/aromatic N) is 2. The molecule has 7 nitrogen and oxygen atoms in total. The molecule has 35 heavy (non-hydrogen) atoms. The normalized spacial score (nSPS) is 19.5. The molecule has 2 aliphatic rings. The van der Waals surface area contributed by atoms with E-state index in [1.165, 1.54) is 11.8 Å². The molecule has 190 valence electrons. The number of alkyl carbamates (subject to hydrolysis) is 1. The van der Waals surface area contributed by atoms with Crippen LogP contribution in [0.25, 0.3) is 11.3 Å². The first-order chi connectivity index (χ1) is 16.2. The maximum atomic E-state index is 14.4. The summed E-state index contributed by atoms with van der Waals surface area (Å²) in [5, 5.41) is 3.04. The summed E-state index contributed by atoms with van der Waals surface area (Å²) in [4.78, 5) is 21.0. The molecule has 0 bridgehead atoms. The van der Waals surface area contributed by atoms with E-state index in [1.807, 2.05) is 0 Å². The number of halogens is 2. The highest BCUT2D eigenvalue weighted by Crippen LogP contribution is 2.44. The summed E-state index contributed by atoms with van der Waals surface area (Å²) in [5.74, 6) is -3.44. The van der Waals surface area contributed by atoms with E-state index in [0.29, 0.717) is 22.4 Å². The van der Waals surface area contributed by atoms with Crippen LogP contribution < -0.4 is 5.32 Å². The van der Waals surface area contributed by atoms with Gasteiger partial charge >= 0.3 is 6.09 Å². The molecule has 1 aliphatic carbocycles. The van der Waals surface area contributed by atoms with Crippen LogP contribution in [0.1, 0.15) is 23.2 Å². The zero-order valence-corrected chi connectivity index (χ0v) is 22.8. The van der Waals surface area contributed by atoms with E-state index in [0.717, 1.165) is 6.04 Å². The van der Waals surface area contributed by atoms with E-state index in [1.54, 1.807) is 30.5 Å². The second-order valence-electron chi connectivity index (χ2n) is 10.4. The van der Waals surface area contributed by atoms with Gasteiger partial charge in [0.25, 0.3) is 5.92 Å². The van der Waals surface area contributed by atoms with Crippen LogP contribution in [-0.2, 0) is 32.5 Å². The van der Waals surface area contributed by atoms with Crippen molar-refractivity contribution in [3.63, 3.8) is 0 Å². The number of benzene rings is 1. The predicted molar refractivity (Wildman–Crippen MR) is 134 cm³/mol. The largest absolute Gasteiger partial charge is 0.450 e. The van der Waals surface area contributed by atoms with Gasteiger partial charge in [0.15, 0.2) is 15.0 Å². The number of thioether (sulfide) groups is 1. The maximum absolute atomic E-state index is 14.4. The van der Waals surface area contributed by atoms with Crippen molar-refractivity contribution in [1.29, 1.82) is 0 Å². The monoisotopic (exact) mass is 541 g/mol. The Hall–Kier alpha value is -2.05. The molecular formula is C23H29F2N3O4S2Si. The Labute approximate surface area is 209 Å². The average molecular weight is 542 g/mol. The average Bonchev–Trinajstić information content (AvgIpc) is 3.05. The zero-order chi connectivity index (χ0) is 25.6. The van der Waals surface area contributed by atoms with Crippen molar-refractivity contribution in [2.24, 2.45) is 0 Å². The number of rotatable bonds is 7. The lowest BCUT2D eigenvalue weighted by molar-refractivity contribution is -0.00651. The van der Waals surface area contributed by atoms with E-state index < -0.39 is 35.5 Å². The Morgan fingerprint density at radius 2 is 1.83 bits per heavy atom. The van der Waals surface area contributed by atoms with E-state index in [-0.39, 0.29) is 41.8 Å². The summed E-state index contributed by atoms with van der Waals surface area (Å²) in [6.07, 6.45) is 0.963. The van der Waals surface area contributed by atoms with E-state index in [2.05, 4.69) is 34.9 Å². The SMILES string of the molecule is CSc1nc(-c2ccc(C3(NC(=O)OCC[Si](C)(C)C)CS(=O)(=O)C3)cc2)c2c(n1)C(F)(F)CC2. The lowest BCUT2D eigenvalue weighted by Gasteiger charge is -2.41. The van der Waals surface area contributed by atoms with Crippen molar-refractivity contribution in [2.45, 2.75) is 55.1 Å². The Bertz CT molecular complexity index is 1240. The first-order valence-corrected chi connectivity index (χ1v) is 18.1. The number of hydrogen-bond acceptors (Lipinski definition) is 7. The number of sulfone groups is 1. The van der Waals surface area contributed by atoms with Gasteiger partial charge in [0.1, 0.15) is 5.69 Å². The van der Waals surface area contributed by atoms with Gasteiger partial charge in [-0.2, -0.15) is 8.78 Å². The fourth-order valence-corrected chi connectivity index (χ4v) is 7.36. The van der Waals surface area contributed by atoms with Gasteiger partial charge in [0.2, 0.25) is 0 Å². The summed E-state index contributed by atoms with van der Waals surface area (Å²) in [5.41, 5.74) is 0.830. The van der Waals surface area contributed by atoms with Gasteiger partial charge in [-0.3, -0.25) is 0 Å². The number of amides is 1. The fourth-order valence-electron chi connectivity index (χ4n) is 4.38. The lowest BCUT2D eigenvalue weighted by atomic mass is 9.91. The Morgan fingerprint density at radius 3 is 2.40 bits per heavy atom. The topological polar surface area (TPSA) is 98.2 Å². The van der Waals surface area contributed by atoms with Gasteiger partial charge in [-0.25, -0.2) is 23.2 Å². The number of fused-ring (bicyclic) bond motifs is 1. The third-order valence-electron chi connectivity index (χ3n) is 6.27. The van der Waals surface area contributed by atoms with Crippen molar-refractivity contribution < 1.29 is 26.7 Å². The minimum atomic E-state index is -3.29. The Morgan fingerprint density at radius 1 is 1.17 bits per heavy atom. The first kappa shape index (κ1) is 26.0. The molecule has 1 aromatic carbocycles. The number of hydrogen-bond donors (Lipinski definition) is 1. The molecule has 0 unspecified atom stereocenters. The van der Waals surface area contributed by atoms with Gasteiger partial charge in [0.05, 0.1) is 29.3 Å². The molecule has 1 N–H and O–H groups in total. The van der Waals surface area contributed by atoms with Crippen LogP contribution in [0.2, 0.25) is 25.7 Å². The van der Waals surface area contributed by atoms with E-state index >= 15 is 0 Å². The van der Waals surface area contributed by atoms with Crippen molar-refractivity contribution in [2.75, 3.05) is 24.4 Å². The number of alkyl halides is 2. The number of carbonyl (C=O) groups is 1. The van der Waals surface area contributed by atoms with Crippen molar-refractivity contribution in [1.82, 2.24) is 15.3 Å². The van der Waals surface area contributed by atoms with E-state index in [9.17, 15) is 22.0 Å². The molecule has 0 radical (unpaired) electrons. The minimum absolute atomic E-state index is 0.182. The summed E-state index contributed by atoms with van der Waals surface area (Å²) in [7, 11) is -4.67. The lowest BCUT2D eigenvalue weighted by Crippen LogP contribution is -2.62. The zero-order valence-electron chi connectivity index (χ0n) is 20.2. The van der Waals surface area contributed by atoms with Crippen molar-refractivity contribution >= 4 is 35.8 Å². The van der Waals surface area contributed by atoms with Crippen LogP contribution in [0, 0.1) is 0 Å². The molecule has 1 aromatic heterocycles. The summed E-state index contributed by atoms with van der Waals surface area (Å²) in [6, 6.07) is 7.69. The molecule has 1 saturated heterocycles. The summed E-state index contributed by atoms with van der Waals surface area (Å²) < 4.78 is 58.2. The number of nitrogens with one attached hydrogen (secondary N) is 1. The first-order valence-electron chi connectivity index (χ1n) is 11.3. The van der Waals surface area contributed by atoms with Crippen LogP contribution in [0.5, 0.6) is 0 Å².